The van der Waals surface area contributed by atoms with Gasteiger partial charge in [-0.1, -0.05) is 12.1 Å². The van der Waals surface area contributed by atoms with Crippen LogP contribution in [0.3, 0.4) is 0 Å². The second kappa shape index (κ2) is 10.8. The zero-order valence-electron chi connectivity index (χ0n) is 20.8. The third-order valence-corrected chi connectivity index (χ3v) is 7.47. The molecule has 208 valence electrons. The number of hydrogen-bond donors (Lipinski definition) is 6. The van der Waals surface area contributed by atoms with Crippen LogP contribution >= 0.6 is 0 Å². The summed E-state index contributed by atoms with van der Waals surface area (Å²) in [6.07, 6.45) is -9.18. The first-order valence-corrected chi connectivity index (χ1v) is 12.2. The van der Waals surface area contributed by atoms with Crippen LogP contribution in [0.1, 0.15) is 23.3 Å². The summed E-state index contributed by atoms with van der Waals surface area (Å²) in [5.41, 5.74) is 1.44. The summed E-state index contributed by atoms with van der Waals surface area (Å²) < 4.78 is 33.7. The van der Waals surface area contributed by atoms with Crippen LogP contribution in [-0.2, 0) is 14.2 Å². The van der Waals surface area contributed by atoms with Gasteiger partial charge in [0.05, 0.1) is 39.6 Å². The average molecular weight is 537 g/mol. The third kappa shape index (κ3) is 4.67. The van der Waals surface area contributed by atoms with Gasteiger partial charge in [0.2, 0.25) is 0 Å². The van der Waals surface area contributed by atoms with Crippen molar-refractivity contribution in [2.75, 3.05) is 27.4 Å². The Hall–Kier alpha value is -2.68. The minimum atomic E-state index is -1.66. The monoisotopic (exact) mass is 536 g/mol. The Bertz CT molecular complexity index is 1130. The fourth-order valence-electron chi connectivity index (χ4n) is 5.49. The van der Waals surface area contributed by atoms with Gasteiger partial charge in [0.25, 0.3) is 0 Å². The van der Waals surface area contributed by atoms with Gasteiger partial charge in [-0.15, -0.1) is 0 Å². The van der Waals surface area contributed by atoms with Gasteiger partial charge < -0.3 is 59.1 Å². The number of methoxy groups -OCH3 is 2. The molecule has 38 heavy (non-hydrogen) atoms. The lowest BCUT2D eigenvalue weighted by Crippen LogP contribution is -2.60. The Balaban J connectivity index is 1.36. The predicted molar refractivity (Wildman–Crippen MR) is 128 cm³/mol. The number of phenols is 1. The largest absolute Gasteiger partial charge is 0.504 e. The van der Waals surface area contributed by atoms with Gasteiger partial charge in [-0.05, 0) is 35.4 Å². The van der Waals surface area contributed by atoms with Crippen molar-refractivity contribution in [1.82, 2.24) is 0 Å². The number of ether oxygens (including phenoxy) is 6. The summed E-state index contributed by atoms with van der Waals surface area (Å²) in [6.45, 7) is -0.234. The molecule has 12 heteroatoms. The van der Waals surface area contributed by atoms with Crippen molar-refractivity contribution in [3.05, 3.63) is 47.5 Å². The number of aliphatic hydroxyl groups is 5. The Labute approximate surface area is 218 Å². The van der Waals surface area contributed by atoms with Crippen molar-refractivity contribution < 1.29 is 59.1 Å². The first kappa shape index (κ1) is 26.9. The highest BCUT2D eigenvalue weighted by atomic mass is 16.7. The quantitative estimate of drug-likeness (QED) is 0.279. The molecule has 0 aliphatic carbocycles. The molecule has 2 aromatic carbocycles. The van der Waals surface area contributed by atoms with Gasteiger partial charge in [0.1, 0.15) is 18.3 Å². The van der Waals surface area contributed by atoms with Crippen LogP contribution in [0.2, 0.25) is 0 Å². The molecule has 0 amide bonds. The summed E-state index contributed by atoms with van der Waals surface area (Å²) in [6, 6.07) is 9.91. The molecule has 0 bridgehead atoms. The van der Waals surface area contributed by atoms with E-state index in [1.54, 1.807) is 30.3 Å². The molecular weight excluding hydrogens is 504 g/mol. The van der Waals surface area contributed by atoms with E-state index in [4.69, 9.17) is 28.4 Å². The second-order valence-corrected chi connectivity index (χ2v) is 9.60. The van der Waals surface area contributed by atoms with Crippen LogP contribution < -0.4 is 14.2 Å². The minimum Gasteiger partial charge on any atom is -0.504 e. The summed E-state index contributed by atoms with van der Waals surface area (Å²) in [7, 11) is 2.89. The SMILES string of the molecule is COc1cc(C2O[C@@H](O)C3C2CO[C@@H]3c2ccc(OC3C(CO)OC(O)C(O)C3O)c(OC)c2)ccc1O. The van der Waals surface area contributed by atoms with Gasteiger partial charge in [0, 0.05) is 11.8 Å². The molecule has 3 aliphatic rings. The van der Waals surface area contributed by atoms with E-state index < -0.39 is 55.8 Å². The fourth-order valence-corrected chi connectivity index (χ4v) is 5.49. The number of fused-ring (bicyclic) bond motifs is 1. The number of aromatic hydroxyl groups is 1. The Kier molecular flexibility index (Phi) is 7.67. The Morgan fingerprint density at radius 3 is 2.21 bits per heavy atom. The highest BCUT2D eigenvalue weighted by Crippen LogP contribution is 2.53. The summed E-state index contributed by atoms with van der Waals surface area (Å²) in [4.78, 5) is 0. The molecule has 5 rings (SSSR count). The molecule has 0 aromatic heterocycles. The van der Waals surface area contributed by atoms with E-state index in [-0.39, 0.29) is 29.1 Å². The van der Waals surface area contributed by atoms with E-state index in [9.17, 15) is 30.6 Å². The number of hydrogen-bond acceptors (Lipinski definition) is 12. The van der Waals surface area contributed by atoms with E-state index in [0.717, 1.165) is 5.56 Å². The molecule has 3 heterocycles. The van der Waals surface area contributed by atoms with Crippen LogP contribution in [0.4, 0.5) is 0 Å². The van der Waals surface area contributed by atoms with Crippen LogP contribution in [0.25, 0.3) is 0 Å². The summed E-state index contributed by atoms with van der Waals surface area (Å²) in [5.74, 6) is 0.243. The van der Waals surface area contributed by atoms with E-state index in [1.165, 1.54) is 20.3 Å². The predicted octanol–water partition coefficient (Wildman–Crippen LogP) is -0.0183. The van der Waals surface area contributed by atoms with Crippen molar-refractivity contribution in [2.24, 2.45) is 11.8 Å². The lowest BCUT2D eigenvalue weighted by atomic mass is 9.84. The number of benzene rings is 2. The van der Waals surface area contributed by atoms with Crippen LogP contribution in [0, 0.1) is 11.8 Å². The third-order valence-electron chi connectivity index (χ3n) is 7.47. The molecule has 0 saturated carbocycles. The van der Waals surface area contributed by atoms with Gasteiger partial charge in [0.15, 0.2) is 41.7 Å². The molecule has 8 unspecified atom stereocenters. The minimum absolute atomic E-state index is 0.00426. The van der Waals surface area contributed by atoms with Gasteiger partial charge >= 0.3 is 0 Å². The highest BCUT2D eigenvalue weighted by molar-refractivity contribution is 5.45. The highest BCUT2D eigenvalue weighted by Gasteiger charge is 2.53. The number of aliphatic hydroxyl groups excluding tert-OH is 5. The smallest absolute Gasteiger partial charge is 0.184 e. The molecule has 0 radical (unpaired) electrons. The van der Waals surface area contributed by atoms with E-state index in [2.05, 4.69) is 0 Å². The van der Waals surface area contributed by atoms with E-state index in [1.807, 2.05) is 0 Å². The lowest BCUT2D eigenvalue weighted by molar-refractivity contribution is -0.282. The maximum atomic E-state index is 10.8. The van der Waals surface area contributed by atoms with Crippen molar-refractivity contribution in [2.45, 2.75) is 49.2 Å². The van der Waals surface area contributed by atoms with Crippen LogP contribution in [0.5, 0.6) is 23.0 Å². The van der Waals surface area contributed by atoms with Crippen LogP contribution in [0.15, 0.2) is 36.4 Å². The molecular formula is C26H32O12. The molecule has 3 fully saturated rings. The molecule has 10 atom stereocenters. The number of rotatable bonds is 7. The van der Waals surface area contributed by atoms with Crippen molar-refractivity contribution in [3.8, 4) is 23.0 Å². The fraction of sp³-hybridized carbons (Fsp3) is 0.538. The molecule has 3 saturated heterocycles. The van der Waals surface area contributed by atoms with Crippen molar-refractivity contribution >= 4 is 0 Å². The molecule has 2 aromatic rings. The summed E-state index contributed by atoms with van der Waals surface area (Å²) >= 11 is 0. The Morgan fingerprint density at radius 1 is 0.816 bits per heavy atom. The standard InChI is InChI=1S/C26H32O12/c1-33-16-7-11(3-5-14(16)28)22-13-10-35-23(19(13)25(31)38-22)12-4-6-15(17(8-12)34-2)36-24-18(9-27)37-26(32)21(30)20(24)29/h3-8,13,18-32H,9-10H2,1-2H3/t13?,18?,19?,20?,21?,22?,23-,24?,25-,26?/m1/s1. The number of phenolic OH excluding ortho intramolecular Hbond substituents is 1. The first-order valence-electron chi connectivity index (χ1n) is 12.2. The average Bonchev–Trinajstić information content (AvgIpc) is 3.50. The second-order valence-electron chi connectivity index (χ2n) is 9.60. The van der Waals surface area contributed by atoms with Crippen molar-refractivity contribution in [1.29, 1.82) is 0 Å². The zero-order valence-corrected chi connectivity index (χ0v) is 20.8. The molecule has 12 nitrogen and oxygen atoms in total. The van der Waals surface area contributed by atoms with E-state index >= 15 is 0 Å². The van der Waals surface area contributed by atoms with E-state index in [0.29, 0.717) is 17.9 Å². The molecule has 3 aliphatic heterocycles. The topological polar surface area (TPSA) is 177 Å². The maximum Gasteiger partial charge on any atom is 0.184 e. The lowest BCUT2D eigenvalue weighted by Gasteiger charge is -2.40. The van der Waals surface area contributed by atoms with Gasteiger partial charge in [-0.3, -0.25) is 0 Å². The van der Waals surface area contributed by atoms with Gasteiger partial charge in [-0.2, -0.15) is 0 Å². The summed E-state index contributed by atoms with van der Waals surface area (Å²) in [5, 5.41) is 60.5. The maximum absolute atomic E-state index is 10.8. The first-order chi connectivity index (χ1) is 18.3. The Morgan fingerprint density at radius 2 is 1.50 bits per heavy atom. The molecule has 6 N–H and O–H groups in total. The van der Waals surface area contributed by atoms with Gasteiger partial charge in [-0.25, -0.2) is 0 Å². The van der Waals surface area contributed by atoms with Crippen molar-refractivity contribution in [3.63, 3.8) is 0 Å². The zero-order chi connectivity index (χ0) is 27.1. The van der Waals surface area contributed by atoms with Crippen LogP contribution in [-0.4, -0.2) is 95.1 Å². The normalized spacial score (nSPS) is 36.6. The molecule has 0 spiro atoms.